The van der Waals surface area contributed by atoms with Crippen molar-refractivity contribution in [3.05, 3.63) is 137 Å². The average molecular weight is 1120 g/mol. The molecule has 3 fully saturated rings. The number of ketones is 1. The maximum absolute atomic E-state index is 13.2. The number of amides is 2. The maximum atomic E-state index is 13.2. The summed E-state index contributed by atoms with van der Waals surface area (Å²) in [7, 11) is 0. The summed E-state index contributed by atoms with van der Waals surface area (Å²) in [6.07, 6.45) is 7.71. The van der Waals surface area contributed by atoms with E-state index in [1.807, 2.05) is 96.3 Å². The van der Waals surface area contributed by atoms with Gasteiger partial charge in [-0.15, -0.1) is 31.7 Å². The van der Waals surface area contributed by atoms with Gasteiger partial charge in [0, 0.05) is 47.1 Å². The zero-order chi connectivity index (χ0) is 54.3. The summed E-state index contributed by atoms with van der Waals surface area (Å²) < 4.78 is 5.35. The molecule has 6 heterocycles. The van der Waals surface area contributed by atoms with Crippen LogP contribution < -0.4 is 27.4 Å². The van der Waals surface area contributed by atoms with Gasteiger partial charge in [-0.3, -0.25) is 14.5 Å². The highest BCUT2D eigenvalue weighted by atomic mass is 32.1. The van der Waals surface area contributed by atoms with E-state index in [1.165, 1.54) is 22.7 Å². The van der Waals surface area contributed by atoms with Crippen LogP contribution in [0.25, 0.3) is 22.3 Å². The van der Waals surface area contributed by atoms with Gasteiger partial charge in [-0.05, 0) is 168 Å². The molecular weight excluding hydrogens is 1040 g/mol. The molecule has 7 aromatic rings. The molecule has 78 heavy (non-hydrogen) atoms. The van der Waals surface area contributed by atoms with E-state index in [2.05, 4.69) is 72.5 Å². The van der Waals surface area contributed by atoms with Crippen molar-refractivity contribution in [2.75, 3.05) is 36.4 Å². The molecule has 3 atom stereocenters. The predicted molar refractivity (Wildman–Crippen MR) is 315 cm³/mol. The molecule has 10 rings (SSSR count). The first-order chi connectivity index (χ1) is 36.4. The minimum Gasteiger partial charge on any atom is -0.476 e. The minimum absolute atomic E-state index is 0. The van der Waals surface area contributed by atoms with Crippen molar-refractivity contribution in [2.24, 2.45) is 0 Å². The number of rotatable bonds is 11. The summed E-state index contributed by atoms with van der Waals surface area (Å²) in [4.78, 5) is 56.4. The van der Waals surface area contributed by atoms with Crippen LogP contribution in [0, 0.1) is 27.7 Å². The van der Waals surface area contributed by atoms with Crippen molar-refractivity contribution in [3.63, 3.8) is 0 Å². The highest BCUT2D eigenvalue weighted by Gasteiger charge is 2.36. The number of carbonyl (C=O) groups excluding carboxylic acids is 3. The SMILES string of the molecule is C.C.CC(C)(C)OC(=O)N1CCC[C@H]1c1nnc(C(=O)O)s1.Cc1c(CC(=O)c2ncc([C@@H]3CCCN3)s2)cccc1-c1cccc(NC(=O)c2nnc([C@@H]3CCCN3)s2)c1C.Cc1c(N)cccc1-c1cccc(N)c1C. The number of aromatic nitrogens is 5. The third kappa shape index (κ3) is 14.4. The third-order valence-corrected chi connectivity index (χ3v) is 16.9. The lowest BCUT2D eigenvalue weighted by molar-refractivity contribution is 0.0223. The fraction of sp³-hybridized carbons (Fsp3) is 0.397. The molecule has 0 unspecified atom stereocenters. The zero-order valence-electron chi connectivity index (χ0n) is 43.9. The Balaban J connectivity index is 0.000000216. The Bertz CT molecular complexity index is 3060. The number of carboxylic acids is 1. The first-order valence-electron chi connectivity index (χ1n) is 25.4. The lowest BCUT2D eigenvalue weighted by Gasteiger charge is -2.27. The van der Waals surface area contributed by atoms with Crippen LogP contribution in [0.2, 0.25) is 0 Å². The Morgan fingerprint density at radius 3 is 1.82 bits per heavy atom. The fourth-order valence-corrected chi connectivity index (χ4v) is 12.1. The number of nitrogens with one attached hydrogen (secondary N) is 3. The molecule has 20 heteroatoms. The minimum atomic E-state index is -1.10. The van der Waals surface area contributed by atoms with Gasteiger partial charge < -0.3 is 37.3 Å². The maximum Gasteiger partial charge on any atom is 0.410 e. The number of anilines is 3. The summed E-state index contributed by atoms with van der Waals surface area (Å²) in [6, 6.07) is 24.2. The summed E-state index contributed by atoms with van der Waals surface area (Å²) in [5.74, 6) is -1.32. The first-order valence-corrected chi connectivity index (χ1v) is 27.9. The summed E-state index contributed by atoms with van der Waals surface area (Å²) in [5, 5.41) is 37.0. The van der Waals surface area contributed by atoms with Crippen LogP contribution in [0.1, 0.15) is 164 Å². The van der Waals surface area contributed by atoms with E-state index in [0.29, 0.717) is 34.0 Å². The van der Waals surface area contributed by atoms with Gasteiger partial charge in [-0.1, -0.05) is 92.1 Å². The van der Waals surface area contributed by atoms with E-state index in [4.69, 9.17) is 21.3 Å². The number of aromatic carboxylic acids is 1. The van der Waals surface area contributed by atoms with Gasteiger partial charge in [0.2, 0.25) is 10.0 Å². The van der Waals surface area contributed by atoms with Crippen LogP contribution in [-0.2, 0) is 11.2 Å². The molecule has 0 saturated carbocycles. The quantitative estimate of drug-likeness (QED) is 0.0520. The predicted octanol–water partition coefficient (Wildman–Crippen LogP) is 12.5. The Morgan fingerprint density at radius 2 is 1.23 bits per heavy atom. The number of Topliss-reactive ketones (excluding diaryl/α,β-unsaturated/α-hetero) is 1. The normalized spacial score (nSPS) is 16.7. The number of thiazole rings is 1. The van der Waals surface area contributed by atoms with E-state index in [1.54, 1.807) is 4.90 Å². The zero-order valence-corrected chi connectivity index (χ0v) is 46.3. The van der Waals surface area contributed by atoms with Crippen LogP contribution in [0.4, 0.5) is 21.9 Å². The lowest BCUT2D eigenvalue weighted by atomic mass is 9.91. The van der Waals surface area contributed by atoms with Crippen molar-refractivity contribution >= 4 is 74.8 Å². The molecular formula is C58H73N11O6S3. The Kier molecular flexibility index (Phi) is 20.5. The van der Waals surface area contributed by atoms with Crippen molar-refractivity contribution < 1.29 is 29.0 Å². The standard InChI is InChI=1S/C30H32N6O2S2.C14H16N2.C12H17N3O4S.2CH4/c1-17-19(15-25(37)29-33-16-26(39-29)23-11-5-13-31-23)7-3-8-20(17)21-9-4-10-22(18(21)2)34-27(38)30-36-35-28(40-30)24-12-6-14-32-24;1-9-11(5-3-7-13(9)15)12-6-4-8-14(16)10(12)2;1-12(2,3)19-11(18)15-6-4-5-7(15)8-13-14-9(20-8)10(16)17;;/h3-4,7-10,16,23-24,31-32H,5-6,11-15H2,1-2H3,(H,34,38);3-8H,15-16H2,1-2H3;7H,4-6H2,1-3H3,(H,16,17);2*1H4/t23-,24-;;7-;;/m0.0../s1. The smallest absolute Gasteiger partial charge is 0.410 e. The highest BCUT2D eigenvalue weighted by Crippen LogP contribution is 2.37. The largest absolute Gasteiger partial charge is 0.476 e. The molecule has 8 N–H and O–H groups in total. The van der Waals surface area contributed by atoms with Gasteiger partial charge in [-0.2, -0.15) is 0 Å². The number of carboxylic acid groups (broad SMARTS) is 1. The van der Waals surface area contributed by atoms with Crippen molar-refractivity contribution in [1.82, 2.24) is 40.9 Å². The van der Waals surface area contributed by atoms with Gasteiger partial charge in [0.25, 0.3) is 5.91 Å². The molecule has 0 aliphatic carbocycles. The van der Waals surface area contributed by atoms with Crippen LogP contribution in [-0.4, -0.2) is 84.4 Å². The fourth-order valence-electron chi connectivity index (χ4n) is 9.43. The first kappa shape index (κ1) is 60.3. The molecule has 3 aliphatic rings. The number of carbonyl (C=O) groups is 4. The van der Waals surface area contributed by atoms with Gasteiger partial charge in [-0.25, -0.2) is 14.6 Å². The monoisotopic (exact) mass is 1120 g/mol. The Morgan fingerprint density at radius 1 is 0.679 bits per heavy atom. The average Bonchev–Trinajstić information content (AvgIpc) is 4.25. The molecule has 0 radical (unpaired) electrons. The number of hydrogen-bond acceptors (Lipinski definition) is 17. The number of nitrogens with zero attached hydrogens (tertiary/aromatic N) is 6. The number of nitrogens with two attached hydrogens (primary N) is 2. The van der Waals surface area contributed by atoms with E-state index in [0.717, 1.165) is 140 Å². The number of hydrogen-bond donors (Lipinski definition) is 6. The molecule has 3 aliphatic heterocycles. The molecule has 3 saturated heterocycles. The van der Waals surface area contributed by atoms with Crippen LogP contribution in [0.5, 0.6) is 0 Å². The van der Waals surface area contributed by atoms with Gasteiger partial charge in [0.05, 0.1) is 12.1 Å². The Hall–Kier alpha value is -6.97. The number of likely N-dealkylation sites (tertiary alicyclic amines) is 1. The molecule has 0 spiro atoms. The molecule has 4 aromatic carbocycles. The summed E-state index contributed by atoms with van der Waals surface area (Å²) in [6.45, 7) is 16.1. The second-order valence-corrected chi connectivity index (χ2v) is 23.1. The third-order valence-electron chi connectivity index (χ3n) is 13.7. The van der Waals surface area contributed by atoms with E-state index in [9.17, 15) is 19.2 Å². The van der Waals surface area contributed by atoms with E-state index >= 15 is 0 Å². The molecule has 17 nitrogen and oxygen atoms in total. The summed E-state index contributed by atoms with van der Waals surface area (Å²) in [5.41, 5.74) is 23.2. The topological polar surface area (TPSA) is 254 Å². The number of benzene rings is 4. The molecule has 414 valence electrons. The molecule has 0 bridgehead atoms. The highest BCUT2D eigenvalue weighted by molar-refractivity contribution is 7.14. The van der Waals surface area contributed by atoms with Crippen LogP contribution in [0.3, 0.4) is 0 Å². The van der Waals surface area contributed by atoms with Crippen molar-refractivity contribution in [3.8, 4) is 22.3 Å². The van der Waals surface area contributed by atoms with Gasteiger partial charge in [0.1, 0.15) is 15.6 Å². The van der Waals surface area contributed by atoms with E-state index < -0.39 is 17.7 Å². The van der Waals surface area contributed by atoms with Gasteiger partial charge >= 0.3 is 12.1 Å². The number of nitrogen functional groups attached to an aromatic ring is 2. The van der Waals surface area contributed by atoms with E-state index in [-0.39, 0.29) is 43.6 Å². The molecule has 3 aromatic heterocycles. The second kappa shape index (κ2) is 26.6. The molecule has 2 amide bonds. The Labute approximate surface area is 469 Å². The van der Waals surface area contributed by atoms with Gasteiger partial charge in [0.15, 0.2) is 10.8 Å². The second-order valence-electron chi connectivity index (χ2n) is 20.1. The number of ether oxygens (including phenoxy) is 1. The van der Waals surface area contributed by atoms with Crippen molar-refractivity contribution in [1.29, 1.82) is 0 Å². The van der Waals surface area contributed by atoms with Crippen LogP contribution in [0.15, 0.2) is 79.0 Å². The van der Waals surface area contributed by atoms with Crippen molar-refractivity contribution in [2.45, 2.75) is 132 Å². The summed E-state index contributed by atoms with van der Waals surface area (Å²) >= 11 is 3.86. The van der Waals surface area contributed by atoms with Crippen LogP contribution >= 0.6 is 34.0 Å². The lowest BCUT2D eigenvalue weighted by Crippen LogP contribution is -2.36.